The highest BCUT2D eigenvalue weighted by Gasteiger charge is 2.68. The molecular formula is C35H54O14. The third kappa shape index (κ3) is 5.64. The van der Waals surface area contributed by atoms with E-state index in [0.29, 0.717) is 32.3 Å². The largest absolute Gasteiger partial charge is 0.458 e. The van der Waals surface area contributed by atoms with E-state index in [1.807, 2.05) is 0 Å². The molecule has 3 aliphatic heterocycles. The summed E-state index contributed by atoms with van der Waals surface area (Å²) in [6.07, 6.45) is -5.76. The van der Waals surface area contributed by atoms with Crippen LogP contribution in [-0.4, -0.2) is 140 Å². The molecule has 0 aromatic rings. The molecule has 3 heterocycles. The second-order valence-corrected chi connectivity index (χ2v) is 16.2. The smallest absolute Gasteiger partial charge is 0.331 e. The molecule has 0 bridgehead atoms. The van der Waals surface area contributed by atoms with E-state index in [1.165, 1.54) is 0 Å². The van der Waals surface area contributed by atoms with Crippen molar-refractivity contribution in [3.8, 4) is 0 Å². The SMILES string of the molecule is C[C@H]1O[C@@H](O[C@H]2CC[C@@]3(CO)[C@H](CC[C@@H]4[C@@H]3CC[C@]3(C)[C@@H](C5=CC(=O)OC5)CC[C@]43O)C2)[C@H](O)[C@H](O)[C@H]1O[C@@H]1O[C@H](CO)[C@@H](O)[C@H](O)[C@H]1O. The van der Waals surface area contributed by atoms with Gasteiger partial charge in [0.1, 0.15) is 49.3 Å². The van der Waals surface area contributed by atoms with E-state index in [2.05, 4.69) is 6.92 Å². The summed E-state index contributed by atoms with van der Waals surface area (Å²) >= 11 is 0. The molecular weight excluding hydrogens is 644 g/mol. The van der Waals surface area contributed by atoms with E-state index in [4.69, 9.17) is 23.7 Å². The third-order valence-corrected chi connectivity index (χ3v) is 14.2. The van der Waals surface area contributed by atoms with Crippen LogP contribution in [0.5, 0.6) is 0 Å². The first kappa shape index (κ1) is 36.1. The quantitative estimate of drug-likeness (QED) is 0.121. The Kier molecular flexibility index (Phi) is 9.80. The van der Waals surface area contributed by atoms with E-state index in [-0.39, 0.29) is 53.2 Å². The average molecular weight is 699 g/mol. The molecule has 0 aromatic heterocycles. The molecule has 0 amide bonds. The van der Waals surface area contributed by atoms with Crippen molar-refractivity contribution in [1.82, 2.24) is 0 Å². The fourth-order valence-corrected chi connectivity index (χ4v) is 11.4. The van der Waals surface area contributed by atoms with Crippen LogP contribution in [0.25, 0.3) is 0 Å². The van der Waals surface area contributed by atoms with Crippen molar-refractivity contribution >= 4 is 5.97 Å². The maximum Gasteiger partial charge on any atom is 0.331 e. The van der Waals surface area contributed by atoms with Crippen molar-refractivity contribution in [3.05, 3.63) is 11.6 Å². The summed E-state index contributed by atoms with van der Waals surface area (Å²) in [5, 5.41) is 85.8. The van der Waals surface area contributed by atoms with Gasteiger partial charge in [-0.1, -0.05) is 6.92 Å². The average Bonchev–Trinajstić information content (AvgIpc) is 3.64. The number of hydrogen-bond donors (Lipinski definition) is 8. The predicted molar refractivity (Wildman–Crippen MR) is 167 cm³/mol. The minimum atomic E-state index is -1.67. The van der Waals surface area contributed by atoms with Gasteiger partial charge in [0, 0.05) is 18.1 Å². The molecule has 49 heavy (non-hydrogen) atoms. The summed E-state index contributed by atoms with van der Waals surface area (Å²) in [7, 11) is 0. The van der Waals surface area contributed by atoms with Crippen LogP contribution in [0.15, 0.2) is 11.6 Å². The Labute approximate surface area is 285 Å². The minimum Gasteiger partial charge on any atom is -0.458 e. The monoisotopic (exact) mass is 698 g/mol. The maximum atomic E-state index is 12.5. The van der Waals surface area contributed by atoms with Gasteiger partial charge in [0.15, 0.2) is 12.6 Å². The van der Waals surface area contributed by atoms with Gasteiger partial charge in [-0.2, -0.15) is 0 Å². The van der Waals surface area contributed by atoms with Gasteiger partial charge in [0.25, 0.3) is 0 Å². The molecule has 14 nitrogen and oxygen atoms in total. The number of aliphatic hydroxyl groups is 8. The number of hydrogen-bond acceptors (Lipinski definition) is 14. The summed E-state index contributed by atoms with van der Waals surface area (Å²) < 4.78 is 28.7. The summed E-state index contributed by atoms with van der Waals surface area (Å²) in [5.41, 5.74) is -0.641. The molecule has 0 radical (unpaired) electrons. The fraction of sp³-hybridized carbons (Fsp3) is 0.914. The number of ether oxygens (including phenoxy) is 5. The van der Waals surface area contributed by atoms with Crippen molar-refractivity contribution in [2.24, 2.45) is 34.5 Å². The summed E-state index contributed by atoms with van der Waals surface area (Å²) in [5.74, 6) is 0.104. The second kappa shape index (κ2) is 13.3. The zero-order chi connectivity index (χ0) is 35.0. The fourth-order valence-electron chi connectivity index (χ4n) is 11.4. The normalized spacial score (nSPS) is 54.4. The number of carbonyl (C=O) groups is 1. The summed E-state index contributed by atoms with van der Waals surface area (Å²) in [4.78, 5) is 11.9. The number of rotatable bonds is 7. The van der Waals surface area contributed by atoms with Gasteiger partial charge in [-0.05, 0) is 99.4 Å². The third-order valence-electron chi connectivity index (χ3n) is 14.2. The van der Waals surface area contributed by atoms with Crippen LogP contribution in [-0.2, 0) is 28.5 Å². The van der Waals surface area contributed by atoms with Crippen LogP contribution >= 0.6 is 0 Å². The first-order chi connectivity index (χ1) is 23.3. The zero-order valence-corrected chi connectivity index (χ0v) is 28.3. The number of esters is 1. The minimum absolute atomic E-state index is 0.0184. The highest BCUT2D eigenvalue weighted by molar-refractivity contribution is 5.85. The van der Waals surface area contributed by atoms with Gasteiger partial charge < -0.3 is 64.5 Å². The lowest BCUT2D eigenvalue weighted by molar-refractivity contribution is -0.360. The van der Waals surface area contributed by atoms with Gasteiger partial charge in [-0.3, -0.25) is 0 Å². The van der Waals surface area contributed by atoms with E-state index in [9.17, 15) is 45.6 Å². The maximum absolute atomic E-state index is 12.5. The van der Waals surface area contributed by atoms with E-state index < -0.39 is 73.6 Å². The van der Waals surface area contributed by atoms with E-state index in [1.54, 1.807) is 13.0 Å². The van der Waals surface area contributed by atoms with Crippen LogP contribution in [0.2, 0.25) is 0 Å². The molecule has 0 spiro atoms. The molecule has 2 saturated heterocycles. The Morgan fingerprint density at radius 2 is 1.57 bits per heavy atom. The van der Waals surface area contributed by atoms with Crippen molar-refractivity contribution in [2.75, 3.05) is 19.8 Å². The molecule has 7 rings (SSSR count). The topological polar surface area (TPSA) is 225 Å². The lowest BCUT2D eigenvalue weighted by Crippen LogP contribution is -2.64. The summed E-state index contributed by atoms with van der Waals surface area (Å²) in [6.45, 7) is 3.47. The highest BCUT2D eigenvalue weighted by Crippen LogP contribution is 2.70. The number of carbonyl (C=O) groups excluding carboxylic acids is 1. The van der Waals surface area contributed by atoms with Crippen LogP contribution in [0.1, 0.15) is 71.6 Å². The van der Waals surface area contributed by atoms with Gasteiger partial charge in [-0.25, -0.2) is 4.79 Å². The van der Waals surface area contributed by atoms with Gasteiger partial charge in [-0.15, -0.1) is 0 Å². The molecule has 6 fully saturated rings. The van der Waals surface area contributed by atoms with Gasteiger partial charge in [0.2, 0.25) is 0 Å². The van der Waals surface area contributed by atoms with Crippen LogP contribution in [0.3, 0.4) is 0 Å². The van der Waals surface area contributed by atoms with Crippen LogP contribution in [0.4, 0.5) is 0 Å². The van der Waals surface area contributed by atoms with Crippen molar-refractivity contribution in [1.29, 1.82) is 0 Å². The van der Waals surface area contributed by atoms with Crippen molar-refractivity contribution in [3.63, 3.8) is 0 Å². The van der Waals surface area contributed by atoms with E-state index >= 15 is 0 Å². The molecule has 8 N–H and O–H groups in total. The Balaban J connectivity index is 0.995. The molecule has 4 aliphatic carbocycles. The summed E-state index contributed by atoms with van der Waals surface area (Å²) in [6, 6.07) is 0. The molecule has 7 aliphatic rings. The Bertz CT molecular complexity index is 1260. The molecule has 0 aromatic carbocycles. The Morgan fingerprint density at radius 1 is 0.837 bits per heavy atom. The number of cyclic esters (lactones) is 1. The predicted octanol–water partition coefficient (Wildman–Crippen LogP) is -0.747. The Hall–Kier alpha value is -1.27. The van der Waals surface area contributed by atoms with Crippen molar-refractivity contribution < 1.29 is 69.3 Å². The molecule has 18 atom stereocenters. The lowest BCUT2D eigenvalue weighted by atomic mass is 9.43. The highest BCUT2D eigenvalue weighted by atomic mass is 16.7. The molecule has 4 saturated carbocycles. The van der Waals surface area contributed by atoms with Crippen LogP contribution < -0.4 is 0 Å². The van der Waals surface area contributed by atoms with Gasteiger partial charge >= 0.3 is 5.97 Å². The number of fused-ring (bicyclic) bond motifs is 5. The van der Waals surface area contributed by atoms with Gasteiger partial charge in [0.05, 0.1) is 24.4 Å². The molecule has 14 heteroatoms. The molecule has 0 unspecified atom stereocenters. The molecule has 278 valence electrons. The van der Waals surface area contributed by atoms with Crippen LogP contribution in [0, 0.1) is 34.5 Å². The zero-order valence-electron chi connectivity index (χ0n) is 28.3. The first-order valence-corrected chi connectivity index (χ1v) is 18.1. The standard InChI is InChI=1S/C35H54O14/c1-16-30(49-32-28(42)26(40)25(39)23(13-36)48-32)27(41)29(43)31(46-16)47-19-5-9-34(15-37)18(12-19)3-4-22-21(34)6-8-33(2)20(7-10-35(22,33)44)17-11-24(38)45-14-17/h11,16,18-23,25-32,36-37,39-44H,3-10,12-15H2,1-2H3/t16-,18-,19+,20-,21+,22-,23-,25-,26+,27+,28-,29-,30+,31+,32+,33-,34-,35+/m1/s1. The van der Waals surface area contributed by atoms with E-state index in [0.717, 1.165) is 37.7 Å². The first-order valence-electron chi connectivity index (χ1n) is 18.1. The lowest BCUT2D eigenvalue weighted by Gasteiger charge is -2.64. The number of aliphatic hydroxyl groups excluding tert-OH is 7. The second-order valence-electron chi connectivity index (χ2n) is 16.2. The van der Waals surface area contributed by atoms with Crippen molar-refractivity contribution in [2.45, 2.75) is 145 Å². The Morgan fingerprint density at radius 3 is 2.27 bits per heavy atom.